The van der Waals surface area contributed by atoms with E-state index in [1.807, 2.05) is 19.2 Å². The summed E-state index contributed by atoms with van der Waals surface area (Å²) in [6.45, 7) is 5.35. The second-order valence-electron chi connectivity index (χ2n) is 4.18. The van der Waals surface area contributed by atoms with Crippen LogP contribution in [0.3, 0.4) is 0 Å². The van der Waals surface area contributed by atoms with Crippen molar-refractivity contribution >= 4 is 6.08 Å². The minimum atomic E-state index is 0.554. The van der Waals surface area contributed by atoms with E-state index in [4.69, 9.17) is 4.74 Å². The van der Waals surface area contributed by atoms with Gasteiger partial charge in [0.2, 0.25) is 0 Å². The van der Waals surface area contributed by atoms with Gasteiger partial charge in [0.05, 0.1) is 7.11 Å². The molecule has 2 nitrogen and oxygen atoms in total. The van der Waals surface area contributed by atoms with Crippen molar-refractivity contribution in [3.8, 4) is 5.75 Å². The predicted molar refractivity (Wildman–Crippen MR) is 69.7 cm³/mol. The van der Waals surface area contributed by atoms with Crippen LogP contribution in [0, 0.1) is 5.92 Å². The molecule has 0 unspecified atom stereocenters. The minimum absolute atomic E-state index is 0.554. The molecule has 1 aromatic rings. The van der Waals surface area contributed by atoms with Crippen LogP contribution >= 0.6 is 0 Å². The zero-order valence-electron chi connectivity index (χ0n) is 10.6. The number of methoxy groups -OCH3 is 1. The van der Waals surface area contributed by atoms with Gasteiger partial charge in [0.15, 0.2) is 0 Å². The van der Waals surface area contributed by atoms with Crippen molar-refractivity contribution in [1.82, 2.24) is 5.32 Å². The van der Waals surface area contributed by atoms with E-state index >= 15 is 0 Å². The summed E-state index contributed by atoms with van der Waals surface area (Å²) in [5.41, 5.74) is 2.59. The zero-order chi connectivity index (χ0) is 12.0. The normalized spacial score (nSPS) is 11.9. The summed E-state index contributed by atoms with van der Waals surface area (Å²) in [6, 6.07) is 8.13. The van der Waals surface area contributed by atoms with E-state index in [2.05, 4.69) is 37.4 Å². The largest absolute Gasteiger partial charge is 0.497 e. The highest BCUT2D eigenvalue weighted by Crippen LogP contribution is 2.18. The number of benzene rings is 1. The molecule has 2 heteroatoms. The van der Waals surface area contributed by atoms with Gasteiger partial charge in [-0.15, -0.1) is 0 Å². The molecule has 0 saturated carbocycles. The van der Waals surface area contributed by atoms with Crippen molar-refractivity contribution in [2.24, 2.45) is 5.92 Å². The van der Waals surface area contributed by atoms with Crippen molar-refractivity contribution in [2.75, 3.05) is 20.7 Å². The van der Waals surface area contributed by atoms with Crippen molar-refractivity contribution in [3.05, 3.63) is 35.4 Å². The van der Waals surface area contributed by atoms with Gasteiger partial charge >= 0.3 is 0 Å². The van der Waals surface area contributed by atoms with Gasteiger partial charge in [-0.1, -0.05) is 37.6 Å². The van der Waals surface area contributed by atoms with E-state index in [0.717, 1.165) is 12.3 Å². The van der Waals surface area contributed by atoms with Crippen molar-refractivity contribution < 1.29 is 4.74 Å². The van der Waals surface area contributed by atoms with Gasteiger partial charge < -0.3 is 10.1 Å². The first kappa shape index (κ1) is 12.8. The molecule has 0 heterocycles. The first-order chi connectivity index (χ1) is 7.67. The summed E-state index contributed by atoms with van der Waals surface area (Å²) >= 11 is 0. The Morgan fingerprint density at radius 3 is 2.75 bits per heavy atom. The third-order valence-electron chi connectivity index (χ3n) is 2.57. The Labute approximate surface area is 98.3 Å². The summed E-state index contributed by atoms with van der Waals surface area (Å²) in [5, 5.41) is 3.20. The van der Waals surface area contributed by atoms with Crippen LogP contribution in [0.5, 0.6) is 5.75 Å². The van der Waals surface area contributed by atoms with E-state index in [1.165, 1.54) is 11.1 Å². The van der Waals surface area contributed by atoms with Gasteiger partial charge in [0.1, 0.15) is 5.75 Å². The van der Waals surface area contributed by atoms with Crippen molar-refractivity contribution in [1.29, 1.82) is 0 Å². The summed E-state index contributed by atoms with van der Waals surface area (Å²) in [4.78, 5) is 0. The molecule has 88 valence electrons. The fourth-order valence-corrected chi connectivity index (χ4v) is 1.57. The lowest BCUT2D eigenvalue weighted by molar-refractivity contribution is 0.414. The second kappa shape index (κ2) is 6.33. The highest BCUT2D eigenvalue weighted by atomic mass is 16.5. The first-order valence-corrected chi connectivity index (χ1v) is 5.66. The van der Waals surface area contributed by atoms with E-state index in [-0.39, 0.29) is 0 Å². The van der Waals surface area contributed by atoms with Gasteiger partial charge in [-0.3, -0.25) is 0 Å². The van der Waals surface area contributed by atoms with Crippen molar-refractivity contribution in [2.45, 2.75) is 13.8 Å². The lowest BCUT2D eigenvalue weighted by atomic mass is 10.0. The Bertz CT molecular complexity index is 356. The first-order valence-electron chi connectivity index (χ1n) is 5.66. The molecular formula is C14H21NO. The monoisotopic (exact) mass is 219 g/mol. The lowest BCUT2D eigenvalue weighted by Crippen LogP contribution is -2.13. The molecule has 0 saturated heterocycles. The topological polar surface area (TPSA) is 21.3 Å². The summed E-state index contributed by atoms with van der Waals surface area (Å²) in [6.07, 6.45) is 2.23. The third kappa shape index (κ3) is 3.70. The van der Waals surface area contributed by atoms with Gasteiger partial charge in [0.25, 0.3) is 0 Å². The molecule has 1 N–H and O–H groups in total. The van der Waals surface area contributed by atoms with E-state index in [0.29, 0.717) is 5.92 Å². The Kier molecular flexibility index (Phi) is 5.06. The van der Waals surface area contributed by atoms with Crippen molar-refractivity contribution in [3.63, 3.8) is 0 Å². The number of nitrogens with one attached hydrogen (secondary N) is 1. The Hall–Kier alpha value is -1.28. The molecule has 0 aromatic heterocycles. The number of ether oxygens (including phenoxy) is 1. The Morgan fingerprint density at radius 1 is 1.44 bits per heavy atom. The van der Waals surface area contributed by atoms with Crippen LogP contribution in [0.15, 0.2) is 29.8 Å². The fraction of sp³-hybridized carbons (Fsp3) is 0.429. The minimum Gasteiger partial charge on any atom is -0.497 e. The Balaban J connectivity index is 2.93. The average molecular weight is 219 g/mol. The van der Waals surface area contributed by atoms with Crippen LogP contribution in [-0.4, -0.2) is 20.7 Å². The summed E-state index contributed by atoms with van der Waals surface area (Å²) in [7, 11) is 3.67. The van der Waals surface area contributed by atoms with E-state index in [9.17, 15) is 0 Å². The highest BCUT2D eigenvalue weighted by molar-refractivity contribution is 5.55. The molecule has 0 aliphatic carbocycles. The van der Waals surface area contributed by atoms with Gasteiger partial charge in [-0.25, -0.2) is 0 Å². The van der Waals surface area contributed by atoms with Gasteiger partial charge in [-0.2, -0.15) is 0 Å². The molecule has 0 aliphatic rings. The maximum absolute atomic E-state index is 5.21. The number of likely N-dealkylation sites (N-methyl/N-ethyl adjacent to an activating group) is 1. The zero-order valence-corrected chi connectivity index (χ0v) is 10.6. The number of hydrogen-bond acceptors (Lipinski definition) is 2. The molecular weight excluding hydrogens is 198 g/mol. The van der Waals surface area contributed by atoms with Crippen LogP contribution in [0.25, 0.3) is 6.08 Å². The number of rotatable bonds is 5. The van der Waals surface area contributed by atoms with Gasteiger partial charge in [-0.05, 0) is 30.7 Å². The molecule has 0 aliphatic heterocycles. The molecule has 16 heavy (non-hydrogen) atoms. The van der Waals surface area contributed by atoms with E-state index < -0.39 is 0 Å². The standard InChI is InChI=1S/C14H21NO/c1-11(2)13(10-15-3)8-12-6-5-7-14(9-12)16-4/h5-9,11,15H,10H2,1-4H3. The highest BCUT2D eigenvalue weighted by Gasteiger charge is 2.02. The third-order valence-corrected chi connectivity index (χ3v) is 2.57. The van der Waals surface area contributed by atoms with Crippen LogP contribution in [0.4, 0.5) is 0 Å². The predicted octanol–water partition coefficient (Wildman–Crippen LogP) is 2.95. The maximum atomic E-state index is 5.21. The molecule has 0 amide bonds. The fourth-order valence-electron chi connectivity index (χ4n) is 1.57. The van der Waals surface area contributed by atoms with Gasteiger partial charge in [0, 0.05) is 6.54 Å². The second-order valence-corrected chi connectivity index (χ2v) is 4.18. The van der Waals surface area contributed by atoms with E-state index in [1.54, 1.807) is 7.11 Å². The van der Waals surface area contributed by atoms with Crippen LogP contribution in [0.1, 0.15) is 19.4 Å². The SMILES string of the molecule is CNCC(=Cc1cccc(OC)c1)C(C)C. The summed E-state index contributed by atoms with van der Waals surface area (Å²) in [5.74, 6) is 1.46. The maximum Gasteiger partial charge on any atom is 0.119 e. The molecule has 1 aromatic carbocycles. The molecule has 0 fully saturated rings. The molecule has 0 atom stereocenters. The molecule has 0 bridgehead atoms. The number of hydrogen-bond donors (Lipinski definition) is 1. The molecule has 0 radical (unpaired) electrons. The van der Waals surface area contributed by atoms with Crippen LogP contribution < -0.4 is 10.1 Å². The average Bonchev–Trinajstić information content (AvgIpc) is 2.28. The Morgan fingerprint density at radius 2 is 2.19 bits per heavy atom. The van der Waals surface area contributed by atoms with Crippen LogP contribution in [-0.2, 0) is 0 Å². The lowest BCUT2D eigenvalue weighted by Gasteiger charge is -2.11. The molecule has 0 spiro atoms. The smallest absolute Gasteiger partial charge is 0.119 e. The molecule has 1 rings (SSSR count). The van der Waals surface area contributed by atoms with Crippen LogP contribution in [0.2, 0.25) is 0 Å². The quantitative estimate of drug-likeness (QED) is 0.822. The summed E-state index contributed by atoms with van der Waals surface area (Å²) < 4.78 is 5.21.